The summed E-state index contributed by atoms with van der Waals surface area (Å²) in [5, 5.41) is 3.69. The van der Waals surface area contributed by atoms with Crippen molar-refractivity contribution in [2.24, 2.45) is 5.92 Å². The van der Waals surface area contributed by atoms with Crippen molar-refractivity contribution in [3.8, 4) is 0 Å². The number of nitrogens with one attached hydrogen (secondary N) is 1. The smallest absolute Gasteiger partial charge is 0.0544 e. The molecule has 3 nitrogen and oxygen atoms in total. The van der Waals surface area contributed by atoms with Crippen molar-refractivity contribution < 1.29 is 0 Å². The van der Waals surface area contributed by atoms with Crippen LogP contribution in [-0.2, 0) is 6.54 Å². The van der Waals surface area contributed by atoms with Crippen molar-refractivity contribution in [2.75, 3.05) is 13.1 Å². The first-order chi connectivity index (χ1) is 8.97. The molecule has 0 aromatic carbocycles. The van der Waals surface area contributed by atoms with Gasteiger partial charge < -0.3 is 5.32 Å². The maximum atomic E-state index is 4.46. The fourth-order valence-electron chi connectivity index (χ4n) is 2.78. The summed E-state index contributed by atoms with van der Waals surface area (Å²) in [6.45, 7) is 12.3. The molecule has 0 amide bonds. The van der Waals surface area contributed by atoms with Gasteiger partial charge >= 0.3 is 0 Å². The molecule has 3 heteroatoms. The molecular formula is C16H27N3. The Kier molecular flexibility index (Phi) is 4.58. The molecule has 1 N–H and O–H groups in total. The Labute approximate surface area is 117 Å². The van der Waals surface area contributed by atoms with Crippen molar-refractivity contribution in [1.29, 1.82) is 0 Å². The molecule has 0 bridgehead atoms. The summed E-state index contributed by atoms with van der Waals surface area (Å²) < 4.78 is 0. The highest BCUT2D eigenvalue weighted by Gasteiger charge is 2.34. The molecule has 1 aromatic heterocycles. The molecule has 1 saturated heterocycles. The van der Waals surface area contributed by atoms with Gasteiger partial charge in [0.05, 0.1) is 5.69 Å². The normalized spacial score (nSPS) is 23.7. The summed E-state index contributed by atoms with van der Waals surface area (Å²) in [6.07, 6.45) is 3.13. The van der Waals surface area contributed by atoms with Gasteiger partial charge in [0.25, 0.3) is 0 Å². The molecule has 1 atom stereocenters. The SMILES string of the molecule is CC(C)CC1CN(Cc2ccccn2)C(C)(C)CN1. The van der Waals surface area contributed by atoms with Crippen LogP contribution in [0, 0.1) is 5.92 Å². The summed E-state index contributed by atoms with van der Waals surface area (Å²) in [5.41, 5.74) is 1.37. The Morgan fingerprint density at radius 3 is 2.84 bits per heavy atom. The topological polar surface area (TPSA) is 28.2 Å². The van der Waals surface area contributed by atoms with E-state index in [-0.39, 0.29) is 5.54 Å². The average Bonchev–Trinajstić information content (AvgIpc) is 2.34. The summed E-state index contributed by atoms with van der Waals surface area (Å²) in [7, 11) is 0. The van der Waals surface area contributed by atoms with E-state index in [1.54, 1.807) is 0 Å². The van der Waals surface area contributed by atoms with Crippen LogP contribution in [0.4, 0.5) is 0 Å². The minimum absolute atomic E-state index is 0.199. The van der Waals surface area contributed by atoms with E-state index >= 15 is 0 Å². The van der Waals surface area contributed by atoms with Crippen LogP contribution in [0.5, 0.6) is 0 Å². The Balaban J connectivity index is 2.02. The van der Waals surface area contributed by atoms with Gasteiger partial charge in [0.1, 0.15) is 0 Å². The molecule has 0 spiro atoms. The zero-order valence-corrected chi connectivity index (χ0v) is 12.7. The molecular weight excluding hydrogens is 234 g/mol. The third-order valence-corrected chi connectivity index (χ3v) is 3.96. The molecule has 1 fully saturated rings. The lowest BCUT2D eigenvalue weighted by Crippen LogP contribution is -2.61. The van der Waals surface area contributed by atoms with Gasteiger partial charge in [-0.05, 0) is 38.3 Å². The van der Waals surface area contributed by atoms with Crippen LogP contribution < -0.4 is 5.32 Å². The van der Waals surface area contributed by atoms with Crippen molar-refractivity contribution in [2.45, 2.75) is 52.2 Å². The van der Waals surface area contributed by atoms with E-state index in [9.17, 15) is 0 Å². The van der Waals surface area contributed by atoms with Gasteiger partial charge in [-0.15, -0.1) is 0 Å². The maximum absolute atomic E-state index is 4.46. The lowest BCUT2D eigenvalue weighted by atomic mass is 9.93. The van der Waals surface area contributed by atoms with Crippen LogP contribution in [-0.4, -0.2) is 34.6 Å². The number of pyridine rings is 1. The summed E-state index contributed by atoms with van der Waals surface area (Å²) in [5.74, 6) is 0.746. The number of aromatic nitrogens is 1. The van der Waals surface area contributed by atoms with Crippen molar-refractivity contribution in [1.82, 2.24) is 15.2 Å². The van der Waals surface area contributed by atoms with Gasteiger partial charge in [0.2, 0.25) is 0 Å². The van der Waals surface area contributed by atoms with E-state index in [0.717, 1.165) is 25.6 Å². The van der Waals surface area contributed by atoms with Crippen LogP contribution >= 0.6 is 0 Å². The first kappa shape index (κ1) is 14.5. The Morgan fingerprint density at radius 1 is 1.42 bits per heavy atom. The first-order valence-electron chi connectivity index (χ1n) is 7.36. The number of hydrogen-bond acceptors (Lipinski definition) is 3. The van der Waals surface area contributed by atoms with Gasteiger partial charge in [0, 0.05) is 37.4 Å². The third kappa shape index (κ3) is 4.02. The van der Waals surface area contributed by atoms with Gasteiger partial charge in [-0.25, -0.2) is 0 Å². The van der Waals surface area contributed by atoms with Crippen LogP contribution in [0.3, 0.4) is 0 Å². The van der Waals surface area contributed by atoms with Crippen molar-refractivity contribution >= 4 is 0 Å². The first-order valence-corrected chi connectivity index (χ1v) is 7.36. The third-order valence-electron chi connectivity index (χ3n) is 3.96. The molecule has 19 heavy (non-hydrogen) atoms. The highest BCUT2D eigenvalue weighted by atomic mass is 15.3. The molecule has 0 aliphatic carbocycles. The molecule has 2 heterocycles. The molecule has 0 radical (unpaired) electrons. The predicted molar refractivity (Wildman–Crippen MR) is 80.0 cm³/mol. The number of hydrogen-bond donors (Lipinski definition) is 1. The molecule has 0 saturated carbocycles. The molecule has 1 aromatic rings. The minimum atomic E-state index is 0.199. The van der Waals surface area contributed by atoms with Gasteiger partial charge in [-0.2, -0.15) is 0 Å². The van der Waals surface area contributed by atoms with Crippen LogP contribution in [0.1, 0.15) is 39.8 Å². The predicted octanol–water partition coefficient (Wildman–Crippen LogP) is 2.68. The van der Waals surface area contributed by atoms with E-state index in [1.807, 2.05) is 12.3 Å². The lowest BCUT2D eigenvalue weighted by Gasteiger charge is -2.46. The second-order valence-electron chi connectivity index (χ2n) is 6.72. The van der Waals surface area contributed by atoms with E-state index in [4.69, 9.17) is 0 Å². The summed E-state index contributed by atoms with van der Waals surface area (Å²) >= 11 is 0. The number of rotatable bonds is 4. The highest BCUT2D eigenvalue weighted by Crippen LogP contribution is 2.22. The Hall–Kier alpha value is -0.930. The standard InChI is InChI=1S/C16H27N3/c1-13(2)9-15-11-19(16(3,4)12-18-15)10-14-7-5-6-8-17-14/h5-8,13,15,18H,9-12H2,1-4H3. The minimum Gasteiger partial charge on any atom is -0.311 e. The Morgan fingerprint density at radius 2 is 2.21 bits per heavy atom. The van der Waals surface area contributed by atoms with E-state index < -0.39 is 0 Å². The highest BCUT2D eigenvalue weighted by molar-refractivity contribution is 5.05. The van der Waals surface area contributed by atoms with Crippen LogP contribution in [0.25, 0.3) is 0 Å². The summed E-state index contributed by atoms with van der Waals surface area (Å²) in [4.78, 5) is 7.03. The van der Waals surface area contributed by atoms with Gasteiger partial charge in [-0.1, -0.05) is 19.9 Å². The van der Waals surface area contributed by atoms with E-state index in [2.05, 4.69) is 55.0 Å². The maximum Gasteiger partial charge on any atom is 0.0544 e. The van der Waals surface area contributed by atoms with E-state index in [0.29, 0.717) is 6.04 Å². The fraction of sp³-hybridized carbons (Fsp3) is 0.688. The molecule has 1 unspecified atom stereocenters. The van der Waals surface area contributed by atoms with Crippen LogP contribution in [0.2, 0.25) is 0 Å². The van der Waals surface area contributed by atoms with Crippen molar-refractivity contribution in [3.05, 3.63) is 30.1 Å². The Bertz CT molecular complexity index is 386. The van der Waals surface area contributed by atoms with Crippen molar-refractivity contribution in [3.63, 3.8) is 0 Å². The zero-order valence-electron chi connectivity index (χ0n) is 12.7. The van der Waals surface area contributed by atoms with Gasteiger partial charge in [0.15, 0.2) is 0 Å². The molecule has 1 aliphatic heterocycles. The quantitative estimate of drug-likeness (QED) is 0.903. The molecule has 2 rings (SSSR count). The second kappa shape index (κ2) is 6.02. The average molecular weight is 261 g/mol. The monoisotopic (exact) mass is 261 g/mol. The summed E-state index contributed by atoms with van der Waals surface area (Å²) in [6, 6.07) is 6.78. The number of nitrogens with zero attached hydrogens (tertiary/aromatic N) is 2. The van der Waals surface area contributed by atoms with Crippen LogP contribution in [0.15, 0.2) is 24.4 Å². The fourth-order valence-corrected chi connectivity index (χ4v) is 2.78. The number of piperazine rings is 1. The van der Waals surface area contributed by atoms with E-state index in [1.165, 1.54) is 12.1 Å². The second-order valence-corrected chi connectivity index (χ2v) is 6.72. The van der Waals surface area contributed by atoms with Gasteiger partial charge in [-0.3, -0.25) is 9.88 Å². The molecule has 1 aliphatic rings. The lowest BCUT2D eigenvalue weighted by molar-refractivity contribution is 0.0525. The zero-order chi connectivity index (χ0) is 13.9. The largest absolute Gasteiger partial charge is 0.311 e. The molecule has 106 valence electrons.